The molecule has 0 aromatic carbocycles. The summed E-state index contributed by atoms with van der Waals surface area (Å²) in [6, 6.07) is 1.62. The lowest BCUT2D eigenvalue weighted by molar-refractivity contribution is 0.145. The van der Waals surface area contributed by atoms with Crippen LogP contribution >= 0.6 is 47.8 Å². The van der Waals surface area contributed by atoms with Crippen LogP contribution in [0, 0.1) is 0 Å². The average Bonchev–Trinajstić information content (AvgIpc) is 2.07. The first-order valence-electron chi connectivity index (χ1n) is 3.25. The maximum absolute atomic E-state index is 12.3. The predicted octanol–water partition coefficient (Wildman–Crippen LogP) is 4.44. The van der Waals surface area contributed by atoms with Crippen LogP contribution in [0.4, 0.5) is 8.78 Å². The van der Waals surface area contributed by atoms with Crippen molar-refractivity contribution in [3.05, 3.63) is 26.4 Å². The van der Waals surface area contributed by atoms with Crippen LogP contribution in [0.2, 0.25) is 0 Å². The van der Waals surface area contributed by atoms with Gasteiger partial charge in [0.1, 0.15) is 10.3 Å². The molecule has 0 atom stereocenters. The molecule has 0 aliphatic heterocycles. The Hall–Kier alpha value is 0.450. The summed E-state index contributed by atoms with van der Waals surface area (Å²) in [5.41, 5.74) is 0.591. The Morgan fingerprint density at radius 3 is 2.46 bits per heavy atom. The van der Waals surface area contributed by atoms with Crippen molar-refractivity contribution >= 4 is 47.8 Å². The van der Waals surface area contributed by atoms with E-state index in [1.165, 1.54) is 0 Å². The molecular formula is C7H4Br3F2N. The van der Waals surface area contributed by atoms with Gasteiger partial charge in [0.15, 0.2) is 0 Å². The van der Waals surface area contributed by atoms with E-state index in [0.29, 0.717) is 14.4 Å². The van der Waals surface area contributed by atoms with Crippen molar-refractivity contribution in [2.75, 3.05) is 0 Å². The van der Waals surface area contributed by atoms with E-state index in [4.69, 9.17) is 0 Å². The molecule has 0 aliphatic carbocycles. The molecule has 0 fully saturated rings. The largest absolute Gasteiger partial charge is 0.281 e. The van der Waals surface area contributed by atoms with Gasteiger partial charge in [0.25, 0.3) is 6.43 Å². The summed E-state index contributed by atoms with van der Waals surface area (Å²) in [6.07, 6.45) is -2.56. The number of hydrogen-bond acceptors (Lipinski definition) is 1. The van der Waals surface area contributed by atoms with Crippen LogP contribution in [0.5, 0.6) is 0 Å². The fourth-order valence-electron chi connectivity index (χ4n) is 0.764. The minimum absolute atomic E-state index is 0.239. The third-order valence-electron chi connectivity index (χ3n) is 1.38. The van der Waals surface area contributed by atoms with Crippen molar-refractivity contribution in [2.45, 2.75) is 11.8 Å². The van der Waals surface area contributed by atoms with Crippen molar-refractivity contribution in [2.24, 2.45) is 0 Å². The first-order chi connectivity index (χ1) is 6.06. The summed E-state index contributed by atoms with van der Waals surface area (Å²) in [7, 11) is 0. The number of rotatable bonds is 2. The lowest BCUT2D eigenvalue weighted by Crippen LogP contribution is -1.95. The zero-order chi connectivity index (χ0) is 10.0. The summed E-state index contributed by atoms with van der Waals surface area (Å²) >= 11 is 9.38. The second-order valence-electron chi connectivity index (χ2n) is 2.24. The topological polar surface area (TPSA) is 12.9 Å². The Morgan fingerprint density at radius 2 is 2.00 bits per heavy atom. The Labute approximate surface area is 99.3 Å². The highest BCUT2D eigenvalue weighted by molar-refractivity contribution is 9.11. The molecule has 1 aromatic rings. The molecule has 1 heterocycles. The summed E-state index contributed by atoms with van der Waals surface area (Å²) in [6.45, 7) is 0. The standard InChI is InChI=1S/C7H4Br3F2N/c8-2-3-1-4(9)5(7(11)12)13-6(3)10/h1,7H,2H2. The summed E-state index contributed by atoms with van der Waals surface area (Å²) in [5.74, 6) is 0. The number of halogens is 5. The Bertz CT molecular complexity index is 317. The highest BCUT2D eigenvalue weighted by Crippen LogP contribution is 2.30. The molecule has 0 unspecified atom stereocenters. The van der Waals surface area contributed by atoms with Crippen LogP contribution in [0.3, 0.4) is 0 Å². The zero-order valence-corrected chi connectivity index (χ0v) is 11.0. The Balaban J connectivity index is 3.20. The van der Waals surface area contributed by atoms with Gasteiger partial charge >= 0.3 is 0 Å². The smallest absolute Gasteiger partial charge is 0.238 e. The van der Waals surface area contributed by atoms with Crippen molar-refractivity contribution in [1.29, 1.82) is 0 Å². The second kappa shape index (κ2) is 4.79. The summed E-state index contributed by atoms with van der Waals surface area (Å²) < 4.78 is 25.4. The van der Waals surface area contributed by atoms with E-state index in [2.05, 4.69) is 52.8 Å². The highest BCUT2D eigenvalue weighted by Gasteiger charge is 2.15. The fourth-order valence-corrected chi connectivity index (χ4v) is 2.55. The van der Waals surface area contributed by atoms with Gasteiger partial charge in [-0.25, -0.2) is 13.8 Å². The second-order valence-corrected chi connectivity index (χ2v) is 4.41. The van der Waals surface area contributed by atoms with E-state index in [1.807, 2.05) is 0 Å². The first kappa shape index (κ1) is 11.5. The third-order valence-corrected chi connectivity index (χ3v) is 3.31. The molecule has 13 heavy (non-hydrogen) atoms. The van der Waals surface area contributed by atoms with Crippen LogP contribution < -0.4 is 0 Å². The molecule has 0 radical (unpaired) electrons. The third kappa shape index (κ3) is 2.70. The molecule has 1 rings (SSSR count). The van der Waals surface area contributed by atoms with Crippen molar-refractivity contribution < 1.29 is 8.78 Å². The number of nitrogens with zero attached hydrogens (tertiary/aromatic N) is 1. The zero-order valence-electron chi connectivity index (χ0n) is 6.20. The molecule has 6 heteroatoms. The maximum atomic E-state index is 12.3. The molecular weight excluding hydrogens is 376 g/mol. The molecule has 0 saturated heterocycles. The lowest BCUT2D eigenvalue weighted by atomic mass is 10.3. The highest BCUT2D eigenvalue weighted by atomic mass is 79.9. The average molecular weight is 380 g/mol. The molecule has 1 nitrogen and oxygen atoms in total. The Kier molecular flexibility index (Phi) is 4.25. The lowest BCUT2D eigenvalue weighted by Gasteiger charge is -2.06. The molecule has 0 amide bonds. The predicted molar refractivity (Wildman–Crippen MR) is 57.2 cm³/mol. The quantitative estimate of drug-likeness (QED) is 0.547. The molecule has 0 N–H and O–H groups in total. The van der Waals surface area contributed by atoms with Crippen molar-refractivity contribution in [3.63, 3.8) is 0 Å². The van der Waals surface area contributed by atoms with E-state index in [0.717, 1.165) is 5.56 Å². The van der Waals surface area contributed by atoms with Crippen LogP contribution in [-0.4, -0.2) is 4.98 Å². The van der Waals surface area contributed by atoms with Gasteiger partial charge in [-0.2, -0.15) is 0 Å². The molecule has 0 bridgehead atoms. The van der Waals surface area contributed by atoms with Gasteiger partial charge < -0.3 is 0 Å². The van der Waals surface area contributed by atoms with Crippen molar-refractivity contribution in [1.82, 2.24) is 4.98 Å². The first-order valence-corrected chi connectivity index (χ1v) is 5.96. The van der Waals surface area contributed by atoms with Gasteiger partial charge in [-0.3, -0.25) is 0 Å². The number of alkyl halides is 3. The van der Waals surface area contributed by atoms with Crippen molar-refractivity contribution in [3.8, 4) is 0 Å². The number of hydrogen-bond donors (Lipinski definition) is 0. The molecule has 1 aromatic heterocycles. The summed E-state index contributed by atoms with van der Waals surface area (Å²) in [5, 5.41) is 0.572. The molecule has 0 spiro atoms. The van der Waals surface area contributed by atoms with E-state index in [-0.39, 0.29) is 5.69 Å². The normalized spacial score (nSPS) is 10.9. The molecule has 0 saturated carbocycles. The fraction of sp³-hybridized carbons (Fsp3) is 0.286. The van der Waals surface area contributed by atoms with Gasteiger partial charge in [0, 0.05) is 9.80 Å². The van der Waals surface area contributed by atoms with Crippen LogP contribution in [-0.2, 0) is 5.33 Å². The van der Waals surface area contributed by atoms with Gasteiger partial charge in [-0.05, 0) is 43.5 Å². The Morgan fingerprint density at radius 1 is 1.38 bits per heavy atom. The minimum atomic E-state index is -2.56. The monoisotopic (exact) mass is 377 g/mol. The van der Waals surface area contributed by atoms with E-state index in [9.17, 15) is 8.78 Å². The van der Waals surface area contributed by atoms with Crippen LogP contribution in [0.1, 0.15) is 17.7 Å². The number of aromatic nitrogens is 1. The van der Waals surface area contributed by atoms with E-state index >= 15 is 0 Å². The van der Waals surface area contributed by atoms with Crippen LogP contribution in [0.25, 0.3) is 0 Å². The van der Waals surface area contributed by atoms with Gasteiger partial charge in [-0.1, -0.05) is 15.9 Å². The van der Waals surface area contributed by atoms with E-state index < -0.39 is 6.43 Å². The maximum Gasteiger partial charge on any atom is 0.281 e. The number of pyridine rings is 1. The van der Waals surface area contributed by atoms with E-state index in [1.54, 1.807) is 6.07 Å². The van der Waals surface area contributed by atoms with Crippen LogP contribution in [0.15, 0.2) is 15.1 Å². The van der Waals surface area contributed by atoms with Gasteiger partial charge in [0.2, 0.25) is 0 Å². The SMILES string of the molecule is FC(F)c1nc(Br)c(CBr)cc1Br. The minimum Gasteiger partial charge on any atom is -0.238 e. The summed E-state index contributed by atoms with van der Waals surface area (Å²) in [4.78, 5) is 3.73. The van der Waals surface area contributed by atoms with Gasteiger partial charge in [-0.15, -0.1) is 0 Å². The molecule has 72 valence electrons. The van der Waals surface area contributed by atoms with Gasteiger partial charge in [0.05, 0.1) is 0 Å². The molecule has 0 aliphatic rings.